The van der Waals surface area contributed by atoms with E-state index in [2.05, 4.69) is 5.32 Å². The van der Waals surface area contributed by atoms with Gasteiger partial charge in [0, 0.05) is 12.4 Å². The number of unbranched alkanes of at least 4 members (excludes halogenated alkanes) is 3. The highest BCUT2D eigenvalue weighted by atomic mass is 16.4. The lowest BCUT2D eigenvalue weighted by Crippen LogP contribution is -2.21. The minimum atomic E-state index is -1.02. The molecule has 2 aromatic carbocycles. The second kappa shape index (κ2) is 9.47. The molecule has 5 nitrogen and oxygen atoms in total. The Bertz CT molecular complexity index is 714. The molecule has 0 saturated carbocycles. The maximum atomic E-state index is 12.1. The Balaban J connectivity index is 1.85. The standard InChI is InChI=1S/C20H24N2O3/c21-17-13-12-16(15-8-4-3-5-9-15)14-18(17)22-19(23)10-6-1-2-7-11-20(24)25/h3-5,8-9,12-14H,1-2,6-7,10-11,21H2,(H,22,23)(H,24,25)/p-1. The lowest BCUT2D eigenvalue weighted by molar-refractivity contribution is -0.305. The summed E-state index contributed by atoms with van der Waals surface area (Å²) in [6.45, 7) is 0. The third-order valence-corrected chi connectivity index (χ3v) is 3.97. The minimum Gasteiger partial charge on any atom is -0.550 e. The van der Waals surface area contributed by atoms with E-state index in [-0.39, 0.29) is 12.3 Å². The fraction of sp³-hybridized carbons (Fsp3) is 0.300. The molecule has 0 unspecified atom stereocenters. The largest absolute Gasteiger partial charge is 0.550 e. The molecule has 1 amide bonds. The third kappa shape index (κ3) is 6.30. The number of nitrogens with one attached hydrogen (secondary N) is 1. The van der Waals surface area contributed by atoms with Crippen molar-refractivity contribution in [3.63, 3.8) is 0 Å². The number of nitrogen functional groups attached to an aromatic ring is 1. The van der Waals surface area contributed by atoms with Crippen molar-refractivity contribution in [2.75, 3.05) is 11.1 Å². The Morgan fingerprint density at radius 1 is 0.880 bits per heavy atom. The van der Waals surface area contributed by atoms with Gasteiger partial charge in [-0.1, -0.05) is 49.2 Å². The predicted octanol–water partition coefficient (Wildman–Crippen LogP) is 2.96. The van der Waals surface area contributed by atoms with Crippen LogP contribution in [0.25, 0.3) is 11.1 Å². The molecule has 0 radical (unpaired) electrons. The quantitative estimate of drug-likeness (QED) is 0.542. The van der Waals surface area contributed by atoms with Gasteiger partial charge >= 0.3 is 0 Å². The van der Waals surface area contributed by atoms with Gasteiger partial charge in [-0.2, -0.15) is 0 Å². The van der Waals surface area contributed by atoms with Crippen LogP contribution < -0.4 is 16.2 Å². The van der Waals surface area contributed by atoms with Crippen LogP contribution in [0.15, 0.2) is 48.5 Å². The number of carbonyl (C=O) groups excluding carboxylic acids is 2. The van der Waals surface area contributed by atoms with E-state index in [9.17, 15) is 14.7 Å². The smallest absolute Gasteiger partial charge is 0.224 e. The monoisotopic (exact) mass is 339 g/mol. The molecule has 0 aliphatic heterocycles. The molecule has 0 fully saturated rings. The Morgan fingerprint density at radius 3 is 2.24 bits per heavy atom. The molecule has 2 rings (SSSR count). The molecule has 3 N–H and O–H groups in total. The highest BCUT2D eigenvalue weighted by molar-refractivity contribution is 5.94. The van der Waals surface area contributed by atoms with E-state index in [4.69, 9.17) is 5.73 Å². The van der Waals surface area contributed by atoms with E-state index >= 15 is 0 Å². The van der Waals surface area contributed by atoms with E-state index in [1.54, 1.807) is 6.07 Å². The average molecular weight is 339 g/mol. The minimum absolute atomic E-state index is 0.0784. The van der Waals surface area contributed by atoms with Gasteiger partial charge in [0.15, 0.2) is 0 Å². The van der Waals surface area contributed by atoms with Crippen molar-refractivity contribution >= 4 is 23.3 Å². The van der Waals surface area contributed by atoms with Gasteiger partial charge in [0.05, 0.1) is 11.4 Å². The molecule has 25 heavy (non-hydrogen) atoms. The molecule has 0 aliphatic rings. The van der Waals surface area contributed by atoms with E-state index < -0.39 is 5.97 Å². The van der Waals surface area contributed by atoms with Crippen LogP contribution in [0.2, 0.25) is 0 Å². The molecule has 5 heteroatoms. The lowest BCUT2D eigenvalue weighted by atomic mass is 10.0. The van der Waals surface area contributed by atoms with Gasteiger partial charge in [-0.3, -0.25) is 4.79 Å². The second-order valence-electron chi connectivity index (χ2n) is 6.00. The molecule has 0 spiro atoms. The van der Waals surface area contributed by atoms with Gasteiger partial charge in [-0.05, 0) is 42.5 Å². The zero-order valence-electron chi connectivity index (χ0n) is 14.2. The van der Waals surface area contributed by atoms with Crippen LogP contribution in [0.3, 0.4) is 0 Å². The van der Waals surface area contributed by atoms with Crippen molar-refractivity contribution in [3.05, 3.63) is 48.5 Å². The molecule has 0 saturated heterocycles. The number of carbonyl (C=O) groups is 2. The summed E-state index contributed by atoms with van der Waals surface area (Å²) >= 11 is 0. The molecular formula is C20H23N2O3-. The van der Waals surface area contributed by atoms with Gasteiger partial charge in [-0.15, -0.1) is 0 Å². The molecule has 2 aromatic rings. The SMILES string of the molecule is Nc1ccc(-c2ccccc2)cc1NC(=O)CCCCCCC(=O)[O-]. The fourth-order valence-corrected chi connectivity index (χ4v) is 2.60. The van der Waals surface area contributed by atoms with Gasteiger partial charge in [-0.25, -0.2) is 0 Å². The highest BCUT2D eigenvalue weighted by Gasteiger charge is 2.07. The molecule has 0 heterocycles. The van der Waals surface area contributed by atoms with Gasteiger partial charge in [0.2, 0.25) is 5.91 Å². The summed E-state index contributed by atoms with van der Waals surface area (Å²) in [5.41, 5.74) is 9.16. The predicted molar refractivity (Wildman–Crippen MR) is 97.6 cm³/mol. The zero-order valence-corrected chi connectivity index (χ0v) is 14.2. The maximum Gasteiger partial charge on any atom is 0.224 e. The Hall–Kier alpha value is -2.82. The maximum absolute atomic E-state index is 12.1. The van der Waals surface area contributed by atoms with Crippen LogP contribution in [0.4, 0.5) is 11.4 Å². The number of carboxylic acid groups (broad SMARTS) is 1. The third-order valence-electron chi connectivity index (χ3n) is 3.97. The van der Waals surface area contributed by atoms with E-state index in [1.165, 1.54) is 0 Å². The van der Waals surface area contributed by atoms with Crippen molar-refractivity contribution in [2.45, 2.75) is 38.5 Å². The fourth-order valence-electron chi connectivity index (χ4n) is 2.60. The Morgan fingerprint density at radius 2 is 1.56 bits per heavy atom. The second-order valence-corrected chi connectivity index (χ2v) is 6.00. The first kappa shape index (κ1) is 18.5. The normalized spacial score (nSPS) is 10.4. The van der Waals surface area contributed by atoms with Crippen molar-refractivity contribution in [1.29, 1.82) is 0 Å². The van der Waals surface area contributed by atoms with E-state index in [0.29, 0.717) is 24.2 Å². The molecule has 0 atom stereocenters. The van der Waals surface area contributed by atoms with Crippen LogP contribution in [-0.4, -0.2) is 11.9 Å². The lowest BCUT2D eigenvalue weighted by Gasteiger charge is -2.11. The van der Waals surface area contributed by atoms with Crippen LogP contribution >= 0.6 is 0 Å². The Kier molecular flexibility index (Phi) is 7.01. The number of carboxylic acids is 1. The van der Waals surface area contributed by atoms with Crippen LogP contribution in [0.5, 0.6) is 0 Å². The number of hydrogen-bond donors (Lipinski definition) is 2. The van der Waals surface area contributed by atoms with E-state index in [0.717, 1.165) is 30.4 Å². The summed E-state index contributed by atoms with van der Waals surface area (Å²) in [7, 11) is 0. The topological polar surface area (TPSA) is 95.2 Å². The van der Waals surface area contributed by atoms with Gasteiger partial charge in [0.1, 0.15) is 0 Å². The molecular weight excluding hydrogens is 316 g/mol. The van der Waals surface area contributed by atoms with Gasteiger partial charge in [0.25, 0.3) is 0 Å². The number of benzene rings is 2. The van der Waals surface area contributed by atoms with Crippen LogP contribution in [0.1, 0.15) is 38.5 Å². The summed E-state index contributed by atoms with van der Waals surface area (Å²) in [4.78, 5) is 22.4. The van der Waals surface area contributed by atoms with E-state index in [1.807, 2.05) is 42.5 Å². The van der Waals surface area contributed by atoms with Gasteiger partial charge < -0.3 is 21.0 Å². The number of anilines is 2. The van der Waals surface area contributed by atoms with Crippen molar-refractivity contribution < 1.29 is 14.7 Å². The van der Waals surface area contributed by atoms with Crippen molar-refractivity contribution in [3.8, 4) is 11.1 Å². The first-order chi connectivity index (χ1) is 12.1. The number of nitrogens with two attached hydrogens (primary N) is 1. The molecule has 0 bridgehead atoms. The number of rotatable bonds is 9. The summed E-state index contributed by atoms with van der Waals surface area (Å²) in [5, 5.41) is 13.2. The highest BCUT2D eigenvalue weighted by Crippen LogP contribution is 2.27. The summed E-state index contributed by atoms with van der Waals surface area (Å²) < 4.78 is 0. The molecule has 0 aliphatic carbocycles. The summed E-state index contributed by atoms with van der Waals surface area (Å²) in [5.74, 6) is -1.11. The first-order valence-electron chi connectivity index (χ1n) is 8.51. The molecule has 132 valence electrons. The zero-order chi connectivity index (χ0) is 18.1. The molecule has 0 aromatic heterocycles. The van der Waals surface area contributed by atoms with Crippen LogP contribution in [0, 0.1) is 0 Å². The first-order valence-corrected chi connectivity index (χ1v) is 8.51. The summed E-state index contributed by atoms with van der Waals surface area (Å²) in [6, 6.07) is 15.5. The van der Waals surface area contributed by atoms with Crippen LogP contribution in [-0.2, 0) is 9.59 Å². The number of amides is 1. The summed E-state index contributed by atoms with van der Waals surface area (Å²) in [6.07, 6.45) is 3.38. The average Bonchev–Trinajstić information content (AvgIpc) is 2.60. The van der Waals surface area contributed by atoms with Crippen molar-refractivity contribution in [1.82, 2.24) is 0 Å². The van der Waals surface area contributed by atoms with Crippen molar-refractivity contribution in [2.24, 2.45) is 0 Å². The Labute approximate surface area is 147 Å². The number of hydrogen-bond acceptors (Lipinski definition) is 4. The number of aliphatic carboxylic acids is 1.